The second kappa shape index (κ2) is 7.44. The topological polar surface area (TPSA) is 87.9 Å². The highest BCUT2D eigenvalue weighted by molar-refractivity contribution is 7.21. The minimum Gasteiger partial charge on any atom is -0.335 e. The lowest BCUT2D eigenvalue weighted by Crippen LogP contribution is -2.45. The normalized spacial score (nSPS) is 20.1. The van der Waals surface area contributed by atoms with Crippen molar-refractivity contribution in [1.29, 1.82) is 0 Å². The van der Waals surface area contributed by atoms with Gasteiger partial charge in [0.05, 0.1) is 21.9 Å². The fourth-order valence-corrected chi connectivity index (χ4v) is 6.14. The Morgan fingerprint density at radius 2 is 1.94 bits per heavy atom. The maximum atomic E-state index is 4.91. The minimum atomic E-state index is 0.498. The van der Waals surface area contributed by atoms with E-state index < -0.39 is 0 Å². The van der Waals surface area contributed by atoms with Crippen LogP contribution in [0.5, 0.6) is 0 Å². The van der Waals surface area contributed by atoms with Crippen LogP contribution in [-0.2, 0) is 7.05 Å². The summed E-state index contributed by atoms with van der Waals surface area (Å²) in [7, 11) is 4.15. The highest BCUT2D eigenvalue weighted by Crippen LogP contribution is 2.35. The Morgan fingerprint density at radius 3 is 2.79 bits per heavy atom. The molecule has 6 heterocycles. The number of nitrogens with zero attached hydrogens (tertiary/aromatic N) is 8. The molecule has 2 aliphatic heterocycles. The molecule has 2 atom stereocenters. The van der Waals surface area contributed by atoms with Crippen molar-refractivity contribution in [2.45, 2.75) is 18.5 Å². The Kier molecular flexibility index (Phi) is 4.33. The van der Waals surface area contributed by atoms with E-state index in [4.69, 9.17) is 9.97 Å². The molecule has 5 aromatic rings. The third-order valence-corrected chi connectivity index (χ3v) is 8.01. The van der Waals surface area contributed by atoms with Gasteiger partial charge in [0.25, 0.3) is 0 Å². The number of piperazine rings is 1. The summed E-state index contributed by atoms with van der Waals surface area (Å²) in [5.74, 6) is 2.24. The van der Waals surface area contributed by atoms with E-state index in [0.717, 1.165) is 62.4 Å². The van der Waals surface area contributed by atoms with Crippen molar-refractivity contribution in [1.82, 2.24) is 34.6 Å². The zero-order valence-corrected chi connectivity index (χ0v) is 19.7. The van der Waals surface area contributed by atoms with Gasteiger partial charge in [0.15, 0.2) is 0 Å². The molecular formula is C24H23N9S. The van der Waals surface area contributed by atoms with Gasteiger partial charge in [-0.25, -0.2) is 15.0 Å². The monoisotopic (exact) mass is 469 g/mol. The molecule has 0 amide bonds. The van der Waals surface area contributed by atoms with E-state index in [2.05, 4.69) is 49.4 Å². The number of aromatic nitrogens is 6. The number of rotatable bonds is 4. The molecule has 10 heteroatoms. The predicted molar refractivity (Wildman–Crippen MR) is 135 cm³/mol. The third-order valence-electron chi connectivity index (χ3n) is 6.97. The number of likely N-dealkylation sites (N-methyl/N-ethyl adjacent to an activating group) is 1. The summed E-state index contributed by atoms with van der Waals surface area (Å²) in [6.45, 7) is 2.06. The van der Waals surface area contributed by atoms with Crippen molar-refractivity contribution in [2.24, 2.45) is 7.05 Å². The van der Waals surface area contributed by atoms with E-state index in [1.165, 1.54) is 6.42 Å². The molecule has 9 nitrogen and oxygen atoms in total. The molecule has 0 aliphatic carbocycles. The van der Waals surface area contributed by atoms with Crippen LogP contribution < -0.4 is 10.2 Å². The molecule has 0 spiro atoms. The molecule has 0 saturated carbocycles. The number of nitrogens with one attached hydrogen (secondary N) is 1. The number of pyridine rings is 1. The fourth-order valence-electron chi connectivity index (χ4n) is 5.18. The number of anilines is 3. The summed E-state index contributed by atoms with van der Waals surface area (Å²) in [5, 5.41) is 9.81. The molecule has 1 aromatic carbocycles. The Balaban J connectivity index is 1.17. The number of fused-ring (bicyclic) bond motifs is 4. The van der Waals surface area contributed by atoms with Gasteiger partial charge in [-0.1, -0.05) is 12.1 Å². The summed E-state index contributed by atoms with van der Waals surface area (Å²) in [6, 6.07) is 11.2. The van der Waals surface area contributed by atoms with Crippen LogP contribution in [0.15, 0.2) is 48.9 Å². The van der Waals surface area contributed by atoms with Crippen molar-refractivity contribution in [3.8, 4) is 10.6 Å². The number of benzene rings is 1. The lowest BCUT2D eigenvalue weighted by Gasteiger charge is -2.31. The first-order valence-corrected chi connectivity index (χ1v) is 12.2. The second-order valence-electron chi connectivity index (χ2n) is 9.07. The van der Waals surface area contributed by atoms with Crippen molar-refractivity contribution in [3.63, 3.8) is 0 Å². The maximum absolute atomic E-state index is 4.91. The molecule has 0 radical (unpaired) electrons. The van der Waals surface area contributed by atoms with Gasteiger partial charge in [-0.05, 0) is 25.6 Å². The standard InChI is InChI=1S/C24H23N9S/c1-31-12-15-8-14(31)13-33(15)24-25-7-6-21(30-24)29-22-9-18-20(11-26-22)34-23(28-18)16-4-3-5-19-17(16)10-27-32(19)2/h3-7,9-11,14-15H,8,12-13H2,1-2H3,(H,25,26,29,30)/t14-,15-/m0/s1. The largest absolute Gasteiger partial charge is 0.335 e. The van der Waals surface area contributed by atoms with Crippen molar-refractivity contribution in [2.75, 3.05) is 30.4 Å². The molecular weight excluding hydrogens is 446 g/mol. The van der Waals surface area contributed by atoms with E-state index in [9.17, 15) is 0 Å². The highest BCUT2D eigenvalue weighted by Gasteiger charge is 2.42. The third kappa shape index (κ3) is 3.13. The first-order chi connectivity index (χ1) is 16.6. The first-order valence-electron chi connectivity index (χ1n) is 11.4. The Bertz CT molecular complexity index is 1540. The maximum Gasteiger partial charge on any atom is 0.227 e. The Morgan fingerprint density at radius 1 is 1.00 bits per heavy atom. The number of thiazole rings is 1. The SMILES string of the molecule is CN1C[C@@H]2C[C@H]1CN2c1nccc(Nc2cc3nc(-c4cccc5c4cnn5C)sc3cn2)n1. The van der Waals surface area contributed by atoms with Crippen LogP contribution in [0.2, 0.25) is 0 Å². The van der Waals surface area contributed by atoms with E-state index >= 15 is 0 Å². The number of hydrogen-bond acceptors (Lipinski definition) is 9. The Labute approximate surface area is 200 Å². The lowest BCUT2D eigenvalue weighted by atomic mass is 10.1. The van der Waals surface area contributed by atoms with Gasteiger partial charge in [0.1, 0.15) is 16.6 Å². The van der Waals surface area contributed by atoms with Crippen LogP contribution in [0.3, 0.4) is 0 Å². The van der Waals surface area contributed by atoms with Crippen LogP contribution in [0, 0.1) is 0 Å². The van der Waals surface area contributed by atoms with Gasteiger partial charge in [-0.15, -0.1) is 11.3 Å². The molecule has 2 saturated heterocycles. The summed E-state index contributed by atoms with van der Waals surface area (Å²) >= 11 is 1.64. The molecule has 2 aliphatic rings. The molecule has 34 heavy (non-hydrogen) atoms. The quantitative estimate of drug-likeness (QED) is 0.427. The zero-order valence-electron chi connectivity index (χ0n) is 18.9. The van der Waals surface area contributed by atoms with Gasteiger partial charge >= 0.3 is 0 Å². The van der Waals surface area contributed by atoms with Crippen molar-refractivity contribution < 1.29 is 0 Å². The molecule has 170 valence electrons. The lowest BCUT2D eigenvalue weighted by molar-refractivity contribution is 0.291. The average molecular weight is 470 g/mol. The summed E-state index contributed by atoms with van der Waals surface area (Å²) in [4.78, 5) is 23.6. The van der Waals surface area contributed by atoms with Gasteiger partial charge < -0.3 is 10.2 Å². The van der Waals surface area contributed by atoms with E-state index in [-0.39, 0.29) is 0 Å². The van der Waals surface area contributed by atoms with Gasteiger partial charge in [0, 0.05) is 61.6 Å². The first kappa shape index (κ1) is 19.8. The Hall–Kier alpha value is -3.63. The molecule has 4 aromatic heterocycles. The van der Waals surface area contributed by atoms with Crippen molar-refractivity contribution in [3.05, 3.63) is 48.9 Å². The van der Waals surface area contributed by atoms with Gasteiger partial charge in [0.2, 0.25) is 5.95 Å². The van der Waals surface area contributed by atoms with Crippen LogP contribution in [0.25, 0.3) is 31.7 Å². The van der Waals surface area contributed by atoms with Crippen LogP contribution in [0.1, 0.15) is 6.42 Å². The molecule has 7 rings (SSSR count). The van der Waals surface area contributed by atoms with Crippen molar-refractivity contribution >= 4 is 50.0 Å². The zero-order chi connectivity index (χ0) is 22.8. The molecule has 0 unspecified atom stereocenters. The smallest absolute Gasteiger partial charge is 0.227 e. The van der Waals surface area contributed by atoms with E-state index in [1.807, 2.05) is 48.5 Å². The van der Waals surface area contributed by atoms with Gasteiger partial charge in [-0.2, -0.15) is 10.1 Å². The molecule has 2 bridgehead atoms. The number of aryl methyl sites for hydroxylation is 1. The van der Waals surface area contributed by atoms with E-state index in [1.54, 1.807) is 11.3 Å². The van der Waals surface area contributed by atoms with Crippen LogP contribution in [-0.4, -0.2) is 66.8 Å². The average Bonchev–Trinajstić information content (AvgIpc) is 3.62. The minimum absolute atomic E-state index is 0.498. The fraction of sp³-hybridized carbons (Fsp3) is 0.292. The number of likely N-dealkylation sites (tertiary alicyclic amines) is 1. The molecule has 1 N–H and O–H groups in total. The summed E-state index contributed by atoms with van der Waals surface area (Å²) < 4.78 is 2.93. The summed E-state index contributed by atoms with van der Waals surface area (Å²) in [5.41, 5.74) is 3.09. The number of hydrogen-bond donors (Lipinski definition) is 1. The summed E-state index contributed by atoms with van der Waals surface area (Å²) in [6.07, 6.45) is 6.78. The van der Waals surface area contributed by atoms with E-state index in [0.29, 0.717) is 12.1 Å². The highest BCUT2D eigenvalue weighted by atomic mass is 32.1. The van der Waals surface area contributed by atoms with Crippen LogP contribution >= 0.6 is 11.3 Å². The second-order valence-corrected chi connectivity index (χ2v) is 10.1. The van der Waals surface area contributed by atoms with Crippen LogP contribution in [0.4, 0.5) is 17.6 Å². The van der Waals surface area contributed by atoms with Gasteiger partial charge in [-0.3, -0.25) is 9.58 Å². The predicted octanol–water partition coefficient (Wildman–Crippen LogP) is 3.67. The molecule has 2 fully saturated rings.